The van der Waals surface area contributed by atoms with Gasteiger partial charge < -0.3 is 19.7 Å². The Balaban J connectivity index is 1.32. The van der Waals surface area contributed by atoms with E-state index in [1.54, 1.807) is 0 Å². The molecule has 5 nitrogen and oxygen atoms in total. The summed E-state index contributed by atoms with van der Waals surface area (Å²) in [6.07, 6.45) is 1.36. The van der Waals surface area contributed by atoms with Gasteiger partial charge >= 0.3 is 6.03 Å². The molecule has 1 fully saturated rings. The number of nitrogens with zero attached hydrogens (tertiary/aromatic N) is 1. The molecule has 26 heavy (non-hydrogen) atoms. The summed E-state index contributed by atoms with van der Waals surface area (Å²) in [5.74, 6) is 0.303. The molecular formula is C21H24N2O3. The molecule has 0 unspecified atom stereocenters. The van der Waals surface area contributed by atoms with Gasteiger partial charge in [-0.15, -0.1) is 0 Å². The number of urea groups is 1. The van der Waals surface area contributed by atoms with Gasteiger partial charge in [-0.05, 0) is 24.1 Å². The molecule has 2 aromatic carbocycles. The molecule has 4 rings (SSSR count). The molecule has 2 aromatic rings. The van der Waals surface area contributed by atoms with Crippen LogP contribution >= 0.6 is 0 Å². The number of likely N-dealkylation sites (tertiary alicyclic amines) is 1. The fraction of sp³-hybridized carbons (Fsp3) is 0.381. The molecule has 136 valence electrons. The van der Waals surface area contributed by atoms with Crippen LogP contribution in [-0.2, 0) is 17.9 Å². The average Bonchev–Trinajstić information content (AvgIpc) is 2.68. The minimum atomic E-state index is -0.596. The van der Waals surface area contributed by atoms with Crippen molar-refractivity contribution in [3.8, 4) is 5.75 Å². The number of hydrogen-bond donors (Lipinski definition) is 1. The van der Waals surface area contributed by atoms with Gasteiger partial charge in [0.05, 0.1) is 6.61 Å². The van der Waals surface area contributed by atoms with Crippen LogP contribution in [0.3, 0.4) is 0 Å². The second-order valence-corrected chi connectivity index (χ2v) is 6.98. The van der Waals surface area contributed by atoms with E-state index in [9.17, 15) is 4.79 Å². The molecule has 1 N–H and O–H groups in total. The molecule has 0 aliphatic carbocycles. The first-order valence-electron chi connectivity index (χ1n) is 9.13. The number of fused-ring (bicyclic) bond motifs is 1. The second-order valence-electron chi connectivity index (χ2n) is 6.98. The molecule has 0 atom stereocenters. The van der Waals surface area contributed by atoms with E-state index in [-0.39, 0.29) is 6.03 Å². The number of ether oxygens (including phenoxy) is 2. The highest BCUT2D eigenvalue weighted by atomic mass is 16.7. The molecule has 0 bridgehead atoms. The van der Waals surface area contributed by atoms with Gasteiger partial charge in [0.2, 0.25) is 5.79 Å². The molecule has 0 radical (unpaired) electrons. The Morgan fingerprint density at radius 1 is 1.12 bits per heavy atom. The maximum absolute atomic E-state index is 12.5. The minimum absolute atomic E-state index is 0.0284. The number of benzene rings is 2. The Kier molecular flexibility index (Phi) is 4.55. The lowest BCUT2D eigenvalue weighted by Crippen LogP contribution is -2.54. The predicted molar refractivity (Wildman–Crippen MR) is 98.8 cm³/mol. The van der Waals surface area contributed by atoms with Crippen LogP contribution in [0.5, 0.6) is 5.75 Å². The van der Waals surface area contributed by atoms with Crippen molar-refractivity contribution in [3.05, 3.63) is 65.2 Å². The summed E-state index contributed by atoms with van der Waals surface area (Å²) < 4.78 is 12.2. The summed E-state index contributed by atoms with van der Waals surface area (Å²) in [6, 6.07) is 16.1. The van der Waals surface area contributed by atoms with Crippen molar-refractivity contribution in [2.24, 2.45) is 0 Å². The van der Waals surface area contributed by atoms with Crippen molar-refractivity contribution in [2.45, 2.75) is 38.7 Å². The Morgan fingerprint density at radius 3 is 2.65 bits per heavy atom. The highest BCUT2D eigenvalue weighted by Gasteiger charge is 2.41. The van der Waals surface area contributed by atoms with Crippen LogP contribution in [0.2, 0.25) is 0 Å². The highest BCUT2D eigenvalue weighted by Crippen LogP contribution is 2.37. The fourth-order valence-corrected chi connectivity index (χ4v) is 3.55. The number of para-hydroxylation sites is 1. The number of piperidine rings is 1. The molecule has 0 aromatic heterocycles. The smallest absolute Gasteiger partial charge is 0.317 e. The van der Waals surface area contributed by atoms with E-state index in [4.69, 9.17) is 9.47 Å². The van der Waals surface area contributed by atoms with E-state index >= 15 is 0 Å². The third-order valence-electron chi connectivity index (χ3n) is 5.26. The summed E-state index contributed by atoms with van der Waals surface area (Å²) >= 11 is 0. The summed E-state index contributed by atoms with van der Waals surface area (Å²) in [4.78, 5) is 14.3. The molecule has 2 amide bonds. The third-order valence-corrected chi connectivity index (χ3v) is 5.26. The summed E-state index contributed by atoms with van der Waals surface area (Å²) in [5, 5.41) is 3.02. The van der Waals surface area contributed by atoms with Crippen LogP contribution in [0.15, 0.2) is 48.5 Å². The van der Waals surface area contributed by atoms with Crippen molar-refractivity contribution >= 4 is 6.03 Å². The number of nitrogens with one attached hydrogen (secondary N) is 1. The van der Waals surface area contributed by atoms with Crippen LogP contribution < -0.4 is 10.1 Å². The maximum atomic E-state index is 12.5. The van der Waals surface area contributed by atoms with Gasteiger partial charge in [-0.2, -0.15) is 0 Å². The summed E-state index contributed by atoms with van der Waals surface area (Å²) in [7, 11) is 0. The van der Waals surface area contributed by atoms with Gasteiger partial charge in [0, 0.05) is 38.0 Å². The van der Waals surface area contributed by atoms with Crippen LogP contribution in [0.4, 0.5) is 4.79 Å². The second kappa shape index (κ2) is 7.00. The van der Waals surface area contributed by atoms with E-state index in [1.165, 1.54) is 5.56 Å². The SMILES string of the molecule is Cc1ccccc1CNC(=O)N1CCC2(CC1)OCc1ccccc1O2. The fourth-order valence-electron chi connectivity index (χ4n) is 3.55. The lowest BCUT2D eigenvalue weighted by atomic mass is 10.0. The number of carbonyl (C=O) groups is 1. The zero-order valence-corrected chi connectivity index (χ0v) is 15.0. The monoisotopic (exact) mass is 352 g/mol. The molecule has 1 spiro atoms. The first-order chi connectivity index (χ1) is 12.7. The quantitative estimate of drug-likeness (QED) is 0.898. The lowest BCUT2D eigenvalue weighted by Gasteiger charge is -2.43. The van der Waals surface area contributed by atoms with Crippen LogP contribution in [-0.4, -0.2) is 29.8 Å². The normalized spacial score (nSPS) is 18.1. The van der Waals surface area contributed by atoms with Crippen LogP contribution in [0.1, 0.15) is 29.5 Å². The summed E-state index contributed by atoms with van der Waals surface area (Å²) in [6.45, 7) is 4.43. The Bertz CT molecular complexity index is 797. The van der Waals surface area contributed by atoms with E-state index < -0.39 is 5.79 Å². The van der Waals surface area contributed by atoms with Crippen molar-refractivity contribution in [2.75, 3.05) is 13.1 Å². The molecular weight excluding hydrogens is 328 g/mol. The molecule has 5 heteroatoms. The molecule has 2 aliphatic rings. The number of carbonyl (C=O) groups excluding carboxylic acids is 1. The maximum Gasteiger partial charge on any atom is 0.317 e. The molecule has 2 heterocycles. The number of amides is 2. The van der Waals surface area contributed by atoms with Crippen molar-refractivity contribution < 1.29 is 14.3 Å². The van der Waals surface area contributed by atoms with Crippen molar-refractivity contribution in [3.63, 3.8) is 0 Å². The van der Waals surface area contributed by atoms with E-state index in [2.05, 4.69) is 18.3 Å². The minimum Gasteiger partial charge on any atom is -0.462 e. The number of rotatable bonds is 2. The topological polar surface area (TPSA) is 50.8 Å². The number of hydrogen-bond acceptors (Lipinski definition) is 3. The number of aryl methyl sites for hydroxylation is 1. The van der Waals surface area contributed by atoms with Crippen molar-refractivity contribution in [1.82, 2.24) is 10.2 Å². The van der Waals surface area contributed by atoms with Gasteiger partial charge in [-0.3, -0.25) is 0 Å². The lowest BCUT2D eigenvalue weighted by molar-refractivity contribution is -0.225. The average molecular weight is 352 g/mol. The Morgan fingerprint density at radius 2 is 1.85 bits per heavy atom. The van der Waals surface area contributed by atoms with E-state index in [0.717, 1.165) is 16.9 Å². The zero-order valence-electron chi connectivity index (χ0n) is 15.0. The Hall–Kier alpha value is -2.53. The van der Waals surface area contributed by atoms with Gasteiger partial charge in [0.1, 0.15) is 5.75 Å². The van der Waals surface area contributed by atoms with Crippen LogP contribution in [0, 0.1) is 6.92 Å². The third kappa shape index (κ3) is 3.40. The molecule has 0 saturated carbocycles. The van der Waals surface area contributed by atoms with E-state index in [1.807, 2.05) is 47.4 Å². The first kappa shape index (κ1) is 16.9. The van der Waals surface area contributed by atoms with Gasteiger partial charge in [-0.25, -0.2) is 4.79 Å². The molecule has 1 saturated heterocycles. The predicted octanol–water partition coefficient (Wildman–Crippen LogP) is 3.61. The first-order valence-corrected chi connectivity index (χ1v) is 9.13. The van der Waals surface area contributed by atoms with Crippen molar-refractivity contribution in [1.29, 1.82) is 0 Å². The largest absolute Gasteiger partial charge is 0.462 e. The Labute approximate surface area is 153 Å². The van der Waals surface area contributed by atoms with Gasteiger partial charge in [0.15, 0.2) is 0 Å². The highest BCUT2D eigenvalue weighted by molar-refractivity contribution is 5.74. The van der Waals surface area contributed by atoms with Crippen LogP contribution in [0.25, 0.3) is 0 Å². The standard InChI is InChI=1S/C21H24N2O3/c1-16-6-2-3-7-17(16)14-22-20(24)23-12-10-21(11-13-23)25-15-18-8-4-5-9-19(18)26-21/h2-9H,10-15H2,1H3,(H,22,24). The summed E-state index contributed by atoms with van der Waals surface area (Å²) in [5.41, 5.74) is 3.41. The van der Waals surface area contributed by atoms with Gasteiger partial charge in [0.25, 0.3) is 0 Å². The van der Waals surface area contributed by atoms with Gasteiger partial charge in [-0.1, -0.05) is 42.5 Å². The molecule has 2 aliphatic heterocycles. The van der Waals surface area contributed by atoms with E-state index in [0.29, 0.717) is 39.1 Å². The zero-order chi connectivity index (χ0) is 18.0.